The Hall–Kier alpha value is -0.930. The second-order valence-corrected chi connectivity index (χ2v) is 5.64. The molecule has 0 spiro atoms. The monoisotopic (exact) mass is 264 g/mol. The minimum atomic E-state index is -0.197. The van der Waals surface area contributed by atoms with Gasteiger partial charge < -0.3 is 10.6 Å². The number of piperidine rings is 1. The van der Waals surface area contributed by atoms with Crippen LogP contribution in [-0.2, 0) is 0 Å². The number of nitrogens with zero attached hydrogens (tertiary/aromatic N) is 1. The van der Waals surface area contributed by atoms with Crippen molar-refractivity contribution in [1.29, 1.82) is 0 Å². The summed E-state index contributed by atoms with van der Waals surface area (Å²) in [5.74, 6) is 0.722. The summed E-state index contributed by atoms with van der Waals surface area (Å²) in [5, 5.41) is 0. The van der Waals surface area contributed by atoms with Crippen LogP contribution in [0.3, 0.4) is 0 Å². The number of nitrogens with two attached hydrogens (primary N) is 1. The van der Waals surface area contributed by atoms with E-state index in [0.717, 1.165) is 24.4 Å². The standard InChI is InChI=1S/C16H25FN2/c1-2-13-7-10-19(11-8-13)12-9-16(18)14-3-5-15(17)6-4-14/h3-6,13,16H,2,7-12,18H2,1H3. The Morgan fingerprint density at radius 2 is 1.89 bits per heavy atom. The van der Waals surface area contributed by atoms with Gasteiger partial charge in [-0.15, -0.1) is 0 Å². The van der Waals surface area contributed by atoms with Crippen LogP contribution in [0.1, 0.15) is 44.2 Å². The molecule has 1 aromatic carbocycles. The van der Waals surface area contributed by atoms with Gasteiger partial charge in [-0.3, -0.25) is 0 Å². The van der Waals surface area contributed by atoms with Crippen LogP contribution in [0.15, 0.2) is 24.3 Å². The first-order valence-corrected chi connectivity index (χ1v) is 7.42. The van der Waals surface area contributed by atoms with Crippen molar-refractivity contribution in [3.8, 4) is 0 Å². The molecule has 0 radical (unpaired) electrons. The molecule has 1 aliphatic heterocycles. The first-order valence-electron chi connectivity index (χ1n) is 7.42. The van der Waals surface area contributed by atoms with E-state index >= 15 is 0 Å². The van der Waals surface area contributed by atoms with Gasteiger partial charge in [0.1, 0.15) is 5.82 Å². The Balaban J connectivity index is 1.75. The Morgan fingerprint density at radius 1 is 1.26 bits per heavy atom. The zero-order valence-electron chi connectivity index (χ0n) is 11.8. The predicted octanol–water partition coefficient (Wildman–Crippen LogP) is 3.34. The van der Waals surface area contributed by atoms with Crippen LogP contribution >= 0.6 is 0 Å². The van der Waals surface area contributed by atoms with Crippen molar-refractivity contribution in [3.05, 3.63) is 35.6 Å². The SMILES string of the molecule is CCC1CCN(CCC(N)c2ccc(F)cc2)CC1. The van der Waals surface area contributed by atoms with Crippen molar-refractivity contribution < 1.29 is 4.39 Å². The van der Waals surface area contributed by atoms with Crippen LogP contribution < -0.4 is 5.73 Å². The largest absolute Gasteiger partial charge is 0.324 e. The van der Waals surface area contributed by atoms with E-state index < -0.39 is 0 Å². The quantitative estimate of drug-likeness (QED) is 0.884. The van der Waals surface area contributed by atoms with Gasteiger partial charge in [-0.2, -0.15) is 0 Å². The molecule has 1 fully saturated rings. The van der Waals surface area contributed by atoms with Gasteiger partial charge in [-0.25, -0.2) is 4.39 Å². The molecule has 106 valence electrons. The minimum Gasteiger partial charge on any atom is -0.324 e. The molecule has 19 heavy (non-hydrogen) atoms. The molecule has 1 aromatic rings. The van der Waals surface area contributed by atoms with Crippen LogP contribution in [0.5, 0.6) is 0 Å². The third-order valence-electron chi connectivity index (χ3n) is 4.34. The Morgan fingerprint density at radius 3 is 2.47 bits per heavy atom. The number of hydrogen-bond acceptors (Lipinski definition) is 2. The lowest BCUT2D eigenvalue weighted by Gasteiger charge is -2.32. The summed E-state index contributed by atoms with van der Waals surface area (Å²) < 4.78 is 12.8. The van der Waals surface area contributed by atoms with Gasteiger partial charge in [-0.05, 0) is 62.5 Å². The van der Waals surface area contributed by atoms with Crippen molar-refractivity contribution in [1.82, 2.24) is 4.90 Å². The number of likely N-dealkylation sites (tertiary alicyclic amines) is 1. The van der Waals surface area contributed by atoms with Crippen molar-refractivity contribution >= 4 is 0 Å². The third kappa shape index (κ3) is 4.29. The van der Waals surface area contributed by atoms with Crippen molar-refractivity contribution in [3.63, 3.8) is 0 Å². The second kappa shape index (κ2) is 7.01. The molecule has 0 aromatic heterocycles. The molecule has 1 atom stereocenters. The molecule has 2 rings (SSSR count). The average Bonchev–Trinajstić information content (AvgIpc) is 2.46. The van der Waals surface area contributed by atoms with Crippen LogP contribution in [0.2, 0.25) is 0 Å². The van der Waals surface area contributed by atoms with Crippen LogP contribution in [-0.4, -0.2) is 24.5 Å². The molecule has 2 nitrogen and oxygen atoms in total. The number of hydrogen-bond donors (Lipinski definition) is 1. The molecule has 0 amide bonds. The summed E-state index contributed by atoms with van der Waals surface area (Å²) in [6.45, 7) is 5.74. The fourth-order valence-corrected chi connectivity index (χ4v) is 2.82. The highest BCUT2D eigenvalue weighted by atomic mass is 19.1. The molecule has 1 aliphatic rings. The van der Waals surface area contributed by atoms with Crippen LogP contribution in [0, 0.1) is 11.7 Å². The van der Waals surface area contributed by atoms with Crippen molar-refractivity contribution in [2.24, 2.45) is 11.7 Å². The molecule has 1 saturated heterocycles. The highest BCUT2D eigenvalue weighted by Gasteiger charge is 2.18. The van der Waals surface area contributed by atoms with Crippen LogP contribution in [0.4, 0.5) is 4.39 Å². The maximum Gasteiger partial charge on any atom is 0.123 e. The lowest BCUT2D eigenvalue weighted by Crippen LogP contribution is -2.35. The van der Waals surface area contributed by atoms with Gasteiger partial charge in [0.15, 0.2) is 0 Å². The van der Waals surface area contributed by atoms with Crippen molar-refractivity contribution in [2.45, 2.75) is 38.6 Å². The zero-order valence-corrected chi connectivity index (χ0v) is 11.8. The molecular formula is C16H25FN2. The topological polar surface area (TPSA) is 29.3 Å². The molecule has 0 bridgehead atoms. The molecule has 3 heteroatoms. The second-order valence-electron chi connectivity index (χ2n) is 5.64. The molecule has 1 unspecified atom stereocenters. The van der Waals surface area contributed by atoms with Crippen molar-refractivity contribution in [2.75, 3.05) is 19.6 Å². The van der Waals surface area contributed by atoms with E-state index in [1.807, 2.05) is 0 Å². The smallest absolute Gasteiger partial charge is 0.123 e. The Bertz CT molecular complexity index is 369. The first-order chi connectivity index (χ1) is 9.19. The fourth-order valence-electron chi connectivity index (χ4n) is 2.82. The maximum atomic E-state index is 12.8. The Kier molecular flexibility index (Phi) is 5.34. The Labute approximate surface area is 115 Å². The molecular weight excluding hydrogens is 239 g/mol. The predicted molar refractivity (Wildman–Crippen MR) is 77.4 cm³/mol. The van der Waals surface area contributed by atoms with Gasteiger partial charge in [0, 0.05) is 6.04 Å². The molecule has 1 heterocycles. The highest BCUT2D eigenvalue weighted by molar-refractivity contribution is 5.19. The normalized spacial score (nSPS) is 19.5. The van der Waals surface area contributed by atoms with E-state index in [0.29, 0.717) is 0 Å². The summed E-state index contributed by atoms with van der Waals surface area (Å²) in [4.78, 5) is 2.51. The molecule has 0 saturated carbocycles. The maximum absolute atomic E-state index is 12.8. The summed E-state index contributed by atoms with van der Waals surface area (Å²) in [5.41, 5.74) is 7.20. The summed E-state index contributed by atoms with van der Waals surface area (Å²) in [7, 11) is 0. The van der Waals surface area contributed by atoms with E-state index in [4.69, 9.17) is 5.73 Å². The van der Waals surface area contributed by atoms with E-state index in [1.165, 1.54) is 44.5 Å². The number of halogens is 1. The lowest BCUT2D eigenvalue weighted by atomic mass is 9.94. The summed E-state index contributed by atoms with van der Waals surface area (Å²) >= 11 is 0. The molecule has 0 aliphatic carbocycles. The lowest BCUT2D eigenvalue weighted by molar-refractivity contribution is 0.177. The first kappa shape index (κ1) is 14.5. The van der Waals surface area contributed by atoms with E-state index in [-0.39, 0.29) is 11.9 Å². The van der Waals surface area contributed by atoms with E-state index in [9.17, 15) is 4.39 Å². The highest BCUT2D eigenvalue weighted by Crippen LogP contribution is 2.21. The van der Waals surface area contributed by atoms with Gasteiger partial charge in [0.2, 0.25) is 0 Å². The van der Waals surface area contributed by atoms with Gasteiger partial charge >= 0.3 is 0 Å². The minimum absolute atomic E-state index is 0.0181. The van der Waals surface area contributed by atoms with Gasteiger partial charge in [-0.1, -0.05) is 25.5 Å². The van der Waals surface area contributed by atoms with Crippen LogP contribution in [0.25, 0.3) is 0 Å². The fraction of sp³-hybridized carbons (Fsp3) is 0.625. The van der Waals surface area contributed by atoms with Gasteiger partial charge in [0.25, 0.3) is 0 Å². The number of rotatable bonds is 5. The number of benzene rings is 1. The average molecular weight is 264 g/mol. The molecule has 2 N–H and O–H groups in total. The summed E-state index contributed by atoms with van der Waals surface area (Å²) in [6.07, 6.45) is 4.90. The summed E-state index contributed by atoms with van der Waals surface area (Å²) in [6, 6.07) is 6.58. The zero-order chi connectivity index (χ0) is 13.7. The van der Waals surface area contributed by atoms with E-state index in [2.05, 4.69) is 11.8 Å². The van der Waals surface area contributed by atoms with Gasteiger partial charge in [0.05, 0.1) is 0 Å². The van der Waals surface area contributed by atoms with E-state index in [1.54, 1.807) is 12.1 Å². The third-order valence-corrected chi connectivity index (χ3v) is 4.34.